The number of nitrogens with one attached hydrogen (secondary N) is 2. The first-order valence-electron chi connectivity index (χ1n) is 10.5. The van der Waals surface area contributed by atoms with E-state index in [2.05, 4.69) is 15.8 Å². The Balaban J connectivity index is 1.75. The molecule has 0 spiro atoms. The summed E-state index contributed by atoms with van der Waals surface area (Å²) in [5.74, 6) is -0.0362. The maximum atomic E-state index is 12.5. The van der Waals surface area contributed by atoms with Crippen LogP contribution in [0.5, 0.6) is 5.75 Å². The van der Waals surface area contributed by atoms with Crippen molar-refractivity contribution in [2.75, 3.05) is 17.9 Å². The quantitative estimate of drug-likeness (QED) is 0.157. The van der Waals surface area contributed by atoms with Gasteiger partial charge in [0, 0.05) is 23.9 Å². The van der Waals surface area contributed by atoms with Crippen LogP contribution < -0.4 is 15.5 Å². The summed E-state index contributed by atoms with van der Waals surface area (Å²) in [5, 5.41) is 29.1. The van der Waals surface area contributed by atoms with Crippen LogP contribution in [0.3, 0.4) is 0 Å². The van der Waals surface area contributed by atoms with E-state index < -0.39 is 27.0 Å². The van der Waals surface area contributed by atoms with Gasteiger partial charge < -0.3 is 14.5 Å². The number of nitro groups is 2. The topological polar surface area (TPSA) is 179 Å². The summed E-state index contributed by atoms with van der Waals surface area (Å²) in [6.45, 7) is 0. The first-order chi connectivity index (χ1) is 17.3. The second-order valence-corrected chi connectivity index (χ2v) is 7.36. The van der Waals surface area contributed by atoms with Crippen molar-refractivity contribution in [2.24, 2.45) is 5.10 Å². The molecule has 0 fully saturated rings. The molecule has 3 rings (SSSR count). The van der Waals surface area contributed by atoms with Gasteiger partial charge in [-0.15, -0.1) is 0 Å². The third-order valence-electron chi connectivity index (χ3n) is 4.90. The lowest BCUT2D eigenvalue weighted by Crippen LogP contribution is -2.16. The number of Topliss-reactive ketones (excluding diaryl/α,β-unsaturated/α-hetero) is 1. The molecule has 0 atom stereocenters. The fraction of sp³-hybridized carbons (Fsp3) is 0.174. The highest BCUT2D eigenvalue weighted by Gasteiger charge is 2.20. The lowest BCUT2D eigenvalue weighted by atomic mass is 10.1. The van der Waals surface area contributed by atoms with Crippen LogP contribution in [0.4, 0.5) is 22.7 Å². The Kier molecular flexibility index (Phi) is 8.43. The summed E-state index contributed by atoms with van der Waals surface area (Å²) < 4.78 is 10.2. The number of methoxy groups -OCH3 is 1. The van der Waals surface area contributed by atoms with Crippen LogP contribution in [0.15, 0.2) is 70.4 Å². The number of nitrogens with zero attached hydrogens (tertiary/aromatic N) is 3. The second kappa shape index (κ2) is 11.9. The van der Waals surface area contributed by atoms with Crippen molar-refractivity contribution in [3.63, 3.8) is 0 Å². The summed E-state index contributed by atoms with van der Waals surface area (Å²) >= 11 is 0. The molecule has 0 saturated heterocycles. The predicted molar refractivity (Wildman–Crippen MR) is 129 cm³/mol. The average Bonchev–Trinajstić information content (AvgIpc) is 3.41. The number of non-ortho nitro benzene ring substituents is 1. The number of ketones is 1. The molecular formula is C23H21N5O8. The van der Waals surface area contributed by atoms with Crippen LogP contribution in [0.25, 0.3) is 0 Å². The Hall–Kier alpha value is -5.07. The fourth-order valence-corrected chi connectivity index (χ4v) is 3.07. The summed E-state index contributed by atoms with van der Waals surface area (Å²) in [6, 6.07) is 12.8. The third-order valence-corrected chi connectivity index (χ3v) is 4.90. The number of carbonyl (C=O) groups is 2. The molecule has 0 aliphatic heterocycles. The number of rotatable bonds is 12. The van der Waals surface area contributed by atoms with E-state index >= 15 is 0 Å². The molecule has 0 saturated carbocycles. The zero-order chi connectivity index (χ0) is 26.1. The van der Waals surface area contributed by atoms with Crippen molar-refractivity contribution in [3.8, 4) is 5.75 Å². The molecule has 1 amide bonds. The van der Waals surface area contributed by atoms with Crippen molar-refractivity contribution in [1.29, 1.82) is 0 Å². The van der Waals surface area contributed by atoms with Crippen LogP contribution in [0, 0.1) is 20.2 Å². The van der Waals surface area contributed by atoms with Gasteiger partial charge in [0.25, 0.3) is 5.69 Å². The maximum Gasteiger partial charge on any atom is 0.301 e. The molecule has 1 aromatic heterocycles. The molecule has 0 aliphatic rings. The lowest BCUT2D eigenvalue weighted by molar-refractivity contribution is -0.393. The van der Waals surface area contributed by atoms with Gasteiger partial charge in [-0.3, -0.25) is 35.2 Å². The summed E-state index contributed by atoms with van der Waals surface area (Å²) in [7, 11) is 1.53. The van der Waals surface area contributed by atoms with Crippen molar-refractivity contribution >= 4 is 40.2 Å². The average molecular weight is 495 g/mol. The van der Waals surface area contributed by atoms with Crippen LogP contribution in [-0.4, -0.2) is 34.4 Å². The molecule has 0 aliphatic carbocycles. The number of furan rings is 1. The van der Waals surface area contributed by atoms with E-state index in [1.807, 2.05) is 0 Å². The van der Waals surface area contributed by atoms with Gasteiger partial charge in [0.2, 0.25) is 11.7 Å². The van der Waals surface area contributed by atoms with Crippen molar-refractivity contribution in [1.82, 2.24) is 0 Å². The highest BCUT2D eigenvalue weighted by molar-refractivity contribution is 6.09. The molecule has 13 nitrogen and oxygen atoms in total. The zero-order valence-electron chi connectivity index (χ0n) is 19.0. The Bertz CT molecular complexity index is 1290. The largest absolute Gasteiger partial charge is 0.497 e. The molecule has 13 heteroatoms. The first-order valence-corrected chi connectivity index (χ1v) is 10.5. The van der Waals surface area contributed by atoms with E-state index in [0.29, 0.717) is 11.4 Å². The Morgan fingerprint density at radius 1 is 1.03 bits per heavy atom. The minimum atomic E-state index is -0.791. The number of anilines is 2. The van der Waals surface area contributed by atoms with Crippen LogP contribution in [0.1, 0.15) is 29.8 Å². The minimum Gasteiger partial charge on any atom is -0.497 e. The van der Waals surface area contributed by atoms with Gasteiger partial charge in [0.05, 0.1) is 35.7 Å². The van der Waals surface area contributed by atoms with E-state index in [0.717, 1.165) is 18.2 Å². The van der Waals surface area contributed by atoms with Crippen molar-refractivity contribution in [3.05, 3.63) is 86.8 Å². The summed E-state index contributed by atoms with van der Waals surface area (Å²) in [5.41, 5.74) is 2.12. The molecular weight excluding hydrogens is 474 g/mol. The van der Waals surface area contributed by atoms with E-state index in [9.17, 15) is 29.8 Å². The number of hydrogen-bond donors (Lipinski definition) is 2. The molecule has 3 aromatic rings. The molecule has 2 N–H and O–H groups in total. The molecule has 1 heterocycles. The number of amides is 1. The number of benzene rings is 2. The summed E-state index contributed by atoms with van der Waals surface area (Å²) in [4.78, 5) is 45.7. The SMILES string of the molecule is COc1ccc(NC(=O)CC/C(CC(=O)c2ccco2)=N\Nc2ccc([N+](=O)[O-])cc2[N+](=O)[O-])cc1. The fourth-order valence-electron chi connectivity index (χ4n) is 3.07. The molecule has 0 bridgehead atoms. The van der Waals surface area contributed by atoms with E-state index in [1.54, 1.807) is 30.3 Å². The molecule has 0 radical (unpaired) electrons. The van der Waals surface area contributed by atoms with Crippen LogP contribution in [0.2, 0.25) is 0 Å². The Labute approximate surface area is 204 Å². The van der Waals surface area contributed by atoms with Crippen molar-refractivity contribution in [2.45, 2.75) is 19.3 Å². The molecule has 186 valence electrons. The molecule has 0 unspecified atom stereocenters. The van der Waals surface area contributed by atoms with Gasteiger partial charge in [-0.25, -0.2) is 0 Å². The second-order valence-electron chi connectivity index (χ2n) is 7.36. The van der Waals surface area contributed by atoms with Gasteiger partial charge in [-0.2, -0.15) is 5.10 Å². The normalized spacial score (nSPS) is 11.0. The molecule has 2 aromatic carbocycles. The smallest absolute Gasteiger partial charge is 0.301 e. The Morgan fingerprint density at radius 3 is 2.39 bits per heavy atom. The number of nitro benzene ring substituents is 2. The van der Waals surface area contributed by atoms with Crippen LogP contribution >= 0.6 is 0 Å². The maximum absolute atomic E-state index is 12.5. The van der Waals surface area contributed by atoms with E-state index in [-0.39, 0.29) is 42.3 Å². The Morgan fingerprint density at radius 2 is 1.78 bits per heavy atom. The van der Waals surface area contributed by atoms with Gasteiger partial charge >= 0.3 is 5.69 Å². The lowest BCUT2D eigenvalue weighted by Gasteiger charge is -2.09. The zero-order valence-corrected chi connectivity index (χ0v) is 19.0. The van der Waals surface area contributed by atoms with E-state index in [4.69, 9.17) is 9.15 Å². The van der Waals surface area contributed by atoms with Crippen LogP contribution in [-0.2, 0) is 4.79 Å². The first kappa shape index (κ1) is 25.6. The monoisotopic (exact) mass is 495 g/mol. The summed E-state index contributed by atoms with van der Waals surface area (Å²) in [6.07, 6.45) is 1.12. The van der Waals surface area contributed by atoms with Gasteiger partial charge in [0.15, 0.2) is 5.76 Å². The number of carbonyl (C=O) groups excluding carboxylic acids is 2. The highest BCUT2D eigenvalue weighted by atomic mass is 16.6. The number of ether oxygens (including phenoxy) is 1. The van der Waals surface area contributed by atoms with Gasteiger partial charge in [-0.1, -0.05) is 0 Å². The number of hydrazone groups is 1. The van der Waals surface area contributed by atoms with Crippen molar-refractivity contribution < 1.29 is 28.6 Å². The third kappa shape index (κ3) is 6.96. The highest BCUT2D eigenvalue weighted by Crippen LogP contribution is 2.29. The predicted octanol–water partition coefficient (Wildman–Crippen LogP) is 4.56. The molecule has 36 heavy (non-hydrogen) atoms. The standard InChI is InChI=1S/C23H21N5O8/c1-35-18-8-4-15(5-9-18)24-23(30)11-6-16(13-21(29)22-3-2-12-36-22)25-26-19-10-7-17(27(31)32)14-20(19)28(33)34/h2-5,7-10,12,14,26H,6,11,13H2,1H3,(H,24,30)/b25-16+. The van der Waals surface area contributed by atoms with Gasteiger partial charge in [-0.05, 0) is 48.9 Å². The van der Waals surface area contributed by atoms with Gasteiger partial charge in [0.1, 0.15) is 11.4 Å². The number of hydrogen-bond acceptors (Lipinski definition) is 10. The minimum absolute atomic E-state index is 0.0413. The van der Waals surface area contributed by atoms with E-state index in [1.165, 1.54) is 19.4 Å².